The number of ether oxygens (including phenoxy) is 2. The Labute approximate surface area is 98.6 Å². The first-order valence-corrected chi connectivity index (χ1v) is 5.18. The van der Waals surface area contributed by atoms with Crippen LogP contribution in [-0.2, 0) is 0 Å². The SMILES string of the molecule is CCOc1cc(NN)c([N+](=O)[O-])cc1OCC. The number of anilines is 1. The molecule has 0 amide bonds. The van der Waals surface area contributed by atoms with Crippen molar-refractivity contribution in [1.29, 1.82) is 0 Å². The Balaban J connectivity index is 3.25. The van der Waals surface area contributed by atoms with Gasteiger partial charge in [-0.25, -0.2) is 0 Å². The third-order valence-electron chi connectivity index (χ3n) is 2.01. The molecule has 1 aromatic rings. The fraction of sp³-hybridized carbons (Fsp3) is 0.400. The Hall–Kier alpha value is -2.02. The molecule has 0 spiro atoms. The number of nitro benzene ring substituents is 1. The Morgan fingerprint density at radius 2 is 1.82 bits per heavy atom. The minimum atomic E-state index is -0.534. The molecule has 0 aliphatic heterocycles. The van der Waals surface area contributed by atoms with Crippen LogP contribution in [0.25, 0.3) is 0 Å². The Morgan fingerprint density at radius 1 is 1.29 bits per heavy atom. The van der Waals surface area contributed by atoms with Crippen molar-refractivity contribution in [1.82, 2.24) is 0 Å². The van der Waals surface area contributed by atoms with Gasteiger partial charge in [0.2, 0.25) is 0 Å². The number of nitro groups is 1. The zero-order valence-corrected chi connectivity index (χ0v) is 9.73. The maximum atomic E-state index is 10.8. The van der Waals surface area contributed by atoms with E-state index in [0.717, 1.165) is 0 Å². The minimum absolute atomic E-state index is 0.153. The van der Waals surface area contributed by atoms with Gasteiger partial charge in [-0.15, -0.1) is 0 Å². The monoisotopic (exact) mass is 241 g/mol. The molecule has 0 saturated heterocycles. The predicted molar refractivity (Wildman–Crippen MR) is 63.2 cm³/mol. The van der Waals surface area contributed by atoms with Gasteiger partial charge in [0.1, 0.15) is 5.69 Å². The van der Waals surface area contributed by atoms with Crippen molar-refractivity contribution in [2.45, 2.75) is 13.8 Å². The lowest BCUT2D eigenvalue weighted by Gasteiger charge is -2.12. The van der Waals surface area contributed by atoms with Gasteiger partial charge in [0.15, 0.2) is 11.5 Å². The highest BCUT2D eigenvalue weighted by atomic mass is 16.6. The summed E-state index contributed by atoms with van der Waals surface area (Å²) < 4.78 is 10.6. The summed E-state index contributed by atoms with van der Waals surface area (Å²) in [5.41, 5.74) is 2.30. The maximum Gasteiger partial charge on any atom is 0.297 e. The van der Waals surface area contributed by atoms with Crippen LogP contribution < -0.4 is 20.7 Å². The molecular formula is C10H15N3O4. The van der Waals surface area contributed by atoms with Crippen LogP contribution in [0, 0.1) is 10.1 Å². The number of hydrogen-bond donors (Lipinski definition) is 2. The van der Waals surface area contributed by atoms with Crippen LogP contribution in [-0.4, -0.2) is 18.1 Å². The van der Waals surface area contributed by atoms with Gasteiger partial charge in [-0.05, 0) is 13.8 Å². The normalized spacial score (nSPS) is 9.82. The second-order valence-electron chi connectivity index (χ2n) is 3.08. The molecule has 3 N–H and O–H groups in total. The second-order valence-corrected chi connectivity index (χ2v) is 3.08. The van der Waals surface area contributed by atoms with Crippen LogP contribution in [0.1, 0.15) is 13.8 Å². The van der Waals surface area contributed by atoms with Crippen molar-refractivity contribution in [2.24, 2.45) is 5.84 Å². The number of hydrazine groups is 1. The number of nitrogens with one attached hydrogen (secondary N) is 1. The smallest absolute Gasteiger partial charge is 0.297 e. The molecule has 94 valence electrons. The summed E-state index contributed by atoms with van der Waals surface area (Å²) in [5.74, 6) is 5.98. The van der Waals surface area contributed by atoms with Crippen LogP contribution in [0.2, 0.25) is 0 Å². The summed E-state index contributed by atoms with van der Waals surface area (Å²) >= 11 is 0. The van der Waals surface area contributed by atoms with Crippen LogP contribution in [0.5, 0.6) is 11.5 Å². The zero-order chi connectivity index (χ0) is 12.8. The van der Waals surface area contributed by atoms with Gasteiger partial charge in [0.25, 0.3) is 5.69 Å². The molecule has 0 aliphatic carbocycles. The maximum absolute atomic E-state index is 10.8. The number of nitrogens with two attached hydrogens (primary N) is 1. The van der Waals surface area contributed by atoms with Gasteiger partial charge in [-0.2, -0.15) is 0 Å². The lowest BCUT2D eigenvalue weighted by molar-refractivity contribution is -0.384. The van der Waals surface area contributed by atoms with Gasteiger partial charge in [0, 0.05) is 6.07 Å². The summed E-state index contributed by atoms with van der Waals surface area (Å²) in [5, 5.41) is 10.8. The zero-order valence-electron chi connectivity index (χ0n) is 9.73. The molecule has 0 atom stereocenters. The first-order valence-electron chi connectivity index (χ1n) is 5.18. The summed E-state index contributed by atoms with van der Waals surface area (Å²) in [6, 6.07) is 2.75. The van der Waals surface area contributed by atoms with E-state index in [2.05, 4.69) is 5.43 Å². The lowest BCUT2D eigenvalue weighted by atomic mass is 10.2. The Bertz CT molecular complexity index is 409. The number of nitrogen functional groups attached to an aromatic ring is 1. The van der Waals surface area contributed by atoms with E-state index in [4.69, 9.17) is 15.3 Å². The van der Waals surface area contributed by atoms with Gasteiger partial charge in [-0.1, -0.05) is 0 Å². The fourth-order valence-electron chi connectivity index (χ4n) is 1.35. The van der Waals surface area contributed by atoms with E-state index in [1.807, 2.05) is 6.92 Å². The number of hydrogen-bond acceptors (Lipinski definition) is 6. The van der Waals surface area contributed by atoms with Crippen LogP contribution >= 0.6 is 0 Å². The average Bonchev–Trinajstić information content (AvgIpc) is 2.31. The van der Waals surface area contributed by atoms with E-state index in [-0.39, 0.29) is 11.4 Å². The fourth-order valence-corrected chi connectivity index (χ4v) is 1.35. The van der Waals surface area contributed by atoms with Crippen LogP contribution in [0.15, 0.2) is 12.1 Å². The second kappa shape index (κ2) is 5.90. The highest BCUT2D eigenvalue weighted by Crippen LogP contribution is 2.37. The van der Waals surface area contributed by atoms with Crippen molar-refractivity contribution in [3.05, 3.63) is 22.2 Å². The van der Waals surface area contributed by atoms with E-state index in [1.165, 1.54) is 12.1 Å². The van der Waals surface area contributed by atoms with Gasteiger partial charge in [-0.3, -0.25) is 16.0 Å². The highest BCUT2D eigenvalue weighted by Gasteiger charge is 2.19. The number of rotatable bonds is 6. The number of benzene rings is 1. The summed E-state index contributed by atoms with van der Waals surface area (Å²) in [6.45, 7) is 4.43. The molecule has 0 unspecified atom stereocenters. The highest BCUT2D eigenvalue weighted by molar-refractivity contribution is 5.67. The van der Waals surface area contributed by atoms with E-state index in [1.54, 1.807) is 6.92 Å². The van der Waals surface area contributed by atoms with Crippen molar-refractivity contribution in [3.63, 3.8) is 0 Å². The van der Waals surface area contributed by atoms with Crippen LogP contribution in [0.3, 0.4) is 0 Å². The van der Waals surface area contributed by atoms with E-state index >= 15 is 0 Å². The largest absolute Gasteiger partial charge is 0.490 e. The minimum Gasteiger partial charge on any atom is -0.490 e. The number of nitrogens with zero attached hydrogens (tertiary/aromatic N) is 1. The molecule has 0 saturated carbocycles. The van der Waals surface area contributed by atoms with Crippen molar-refractivity contribution < 1.29 is 14.4 Å². The molecule has 17 heavy (non-hydrogen) atoms. The lowest BCUT2D eigenvalue weighted by Crippen LogP contribution is -2.10. The summed E-state index contributed by atoms with van der Waals surface area (Å²) in [7, 11) is 0. The quantitative estimate of drug-likeness (QED) is 0.446. The summed E-state index contributed by atoms with van der Waals surface area (Å²) in [6.07, 6.45) is 0. The Morgan fingerprint density at radius 3 is 2.24 bits per heavy atom. The molecule has 0 radical (unpaired) electrons. The summed E-state index contributed by atoms with van der Waals surface area (Å²) in [4.78, 5) is 10.3. The van der Waals surface area contributed by atoms with E-state index in [0.29, 0.717) is 24.7 Å². The van der Waals surface area contributed by atoms with Crippen molar-refractivity contribution in [3.8, 4) is 11.5 Å². The molecule has 0 heterocycles. The Kier molecular flexibility index (Phi) is 4.53. The van der Waals surface area contributed by atoms with E-state index < -0.39 is 4.92 Å². The van der Waals surface area contributed by atoms with Gasteiger partial charge in [0.05, 0.1) is 24.2 Å². The van der Waals surface area contributed by atoms with Crippen molar-refractivity contribution in [2.75, 3.05) is 18.6 Å². The third-order valence-corrected chi connectivity index (χ3v) is 2.01. The molecular weight excluding hydrogens is 226 g/mol. The molecule has 1 aromatic carbocycles. The third kappa shape index (κ3) is 2.97. The first kappa shape index (κ1) is 13.0. The topological polar surface area (TPSA) is 99.7 Å². The molecule has 7 nitrogen and oxygen atoms in total. The van der Waals surface area contributed by atoms with Gasteiger partial charge >= 0.3 is 0 Å². The predicted octanol–water partition coefficient (Wildman–Crippen LogP) is 1.68. The standard InChI is InChI=1S/C10H15N3O4/c1-3-16-9-5-7(12-11)8(13(14)15)6-10(9)17-4-2/h5-6,12H,3-4,11H2,1-2H3. The molecule has 1 rings (SSSR count). The van der Waals surface area contributed by atoms with Crippen molar-refractivity contribution >= 4 is 11.4 Å². The molecule has 0 bridgehead atoms. The van der Waals surface area contributed by atoms with Gasteiger partial charge < -0.3 is 14.9 Å². The molecule has 0 aromatic heterocycles. The average molecular weight is 241 g/mol. The van der Waals surface area contributed by atoms with E-state index in [9.17, 15) is 10.1 Å². The first-order chi connectivity index (χ1) is 8.13. The molecule has 7 heteroatoms. The molecule has 0 aliphatic rings. The van der Waals surface area contributed by atoms with Crippen LogP contribution in [0.4, 0.5) is 11.4 Å². The molecule has 0 fully saturated rings.